The first-order valence-corrected chi connectivity index (χ1v) is 9.98. The van der Waals surface area contributed by atoms with Crippen LogP contribution in [0.1, 0.15) is 61.8 Å². The van der Waals surface area contributed by atoms with Gasteiger partial charge in [-0.15, -0.1) is 0 Å². The number of esters is 1. The number of carbonyl (C=O) groups excluding carboxylic acids is 3. The number of carbonyl (C=O) groups is 3. The first kappa shape index (κ1) is 25.0. The molecule has 1 aliphatic carbocycles. The zero-order valence-corrected chi connectivity index (χ0v) is 18.7. The van der Waals surface area contributed by atoms with Gasteiger partial charge in [-0.3, -0.25) is 4.79 Å². The molecule has 3 N–H and O–H groups in total. The first-order chi connectivity index (χ1) is 13.1. The standard InChI is InChI=1S/C20H36N2O7/c1-9-27-16(24)13-10-12(11(2)21-17(25)28-19(3,4)5)15(23)14(13)22-18(26)29-20(6,7)8/h11-15,23H,9-10H2,1-8H3,(H,21,25)(H,22,26)/t11-,12?,13+,14-,15+/m1/s1. The van der Waals surface area contributed by atoms with Crippen LogP contribution in [0.25, 0.3) is 0 Å². The molecule has 0 aromatic carbocycles. The Morgan fingerprint density at radius 1 is 1.03 bits per heavy atom. The molecular formula is C20H36N2O7. The fraction of sp³-hybridized carbons (Fsp3) is 0.850. The highest BCUT2D eigenvalue weighted by atomic mass is 16.6. The number of alkyl carbamates (subject to hydrolysis) is 2. The Morgan fingerprint density at radius 3 is 2.03 bits per heavy atom. The molecule has 0 saturated heterocycles. The van der Waals surface area contributed by atoms with Gasteiger partial charge in [0.15, 0.2) is 0 Å². The summed E-state index contributed by atoms with van der Waals surface area (Å²) in [5, 5.41) is 16.1. The largest absolute Gasteiger partial charge is 0.466 e. The van der Waals surface area contributed by atoms with Crippen LogP contribution in [0.3, 0.4) is 0 Å². The molecule has 1 fully saturated rings. The summed E-state index contributed by atoms with van der Waals surface area (Å²) in [4.78, 5) is 36.7. The summed E-state index contributed by atoms with van der Waals surface area (Å²) in [6.45, 7) is 14.0. The van der Waals surface area contributed by atoms with Crippen molar-refractivity contribution in [3.63, 3.8) is 0 Å². The van der Waals surface area contributed by atoms with Gasteiger partial charge in [0.2, 0.25) is 0 Å². The van der Waals surface area contributed by atoms with Crippen LogP contribution in [0.5, 0.6) is 0 Å². The average Bonchev–Trinajstić information content (AvgIpc) is 2.81. The molecule has 0 aliphatic heterocycles. The molecule has 0 heterocycles. The summed E-state index contributed by atoms with van der Waals surface area (Å²) in [5.74, 6) is -1.76. The molecule has 0 spiro atoms. The Bertz CT molecular complexity index is 595. The summed E-state index contributed by atoms with van der Waals surface area (Å²) in [7, 11) is 0. The van der Waals surface area contributed by atoms with Crippen LogP contribution < -0.4 is 10.6 Å². The van der Waals surface area contributed by atoms with Crippen molar-refractivity contribution in [3.8, 4) is 0 Å². The van der Waals surface area contributed by atoms with Crippen molar-refractivity contribution >= 4 is 18.2 Å². The van der Waals surface area contributed by atoms with E-state index in [2.05, 4.69) is 10.6 Å². The quantitative estimate of drug-likeness (QED) is 0.464. The van der Waals surface area contributed by atoms with Gasteiger partial charge in [0, 0.05) is 12.0 Å². The third-order valence-corrected chi connectivity index (χ3v) is 4.43. The van der Waals surface area contributed by atoms with Crippen molar-refractivity contribution in [1.82, 2.24) is 10.6 Å². The molecular weight excluding hydrogens is 380 g/mol. The molecule has 1 aliphatic rings. The van der Waals surface area contributed by atoms with E-state index in [0.29, 0.717) is 0 Å². The van der Waals surface area contributed by atoms with Crippen LogP contribution in [0.15, 0.2) is 0 Å². The van der Waals surface area contributed by atoms with E-state index in [1.807, 2.05) is 0 Å². The van der Waals surface area contributed by atoms with Gasteiger partial charge in [0.1, 0.15) is 11.2 Å². The Kier molecular flexibility index (Phi) is 8.32. The molecule has 29 heavy (non-hydrogen) atoms. The topological polar surface area (TPSA) is 123 Å². The normalized spacial score (nSPS) is 25.7. The first-order valence-electron chi connectivity index (χ1n) is 9.98. The minimum absolute atomic E-state index is 0.182. The van der Waals surface area contributed by atoms with Crippen LogP contribution in [-0.2, 0) is 19.0 Å². The highest BCUT2D eigenvalue weighted by Gasteiger charge is 2.49. The lowest BCUT2D eigenvalue weighted by Gasteiger charge is -2.28. The lowest BCUT2D eigenvalue weighted by atomic mass is 9.96. The SMILES string of the molecule is CCOC(=O)[C@H]1CC([C@@H](C)NC(=O)OC(C)(C)C)[C@H](O)[C@@H]1NC(=O)OC(C)(C)C. The highest BCUT2D eigenvalue weighted by Crippen LogP contribution is 2.35. The van der Waals surface area contributed by atoms with E-state index in [0.717, 1.165) is 0 Å². The smallest absolute Gasteiger partial charge is 0.407 e. The summed E-state index contributed by atoms with van der Waals surface area (Å²) in [6.07, 6.45) is -2.20. The van der Waals surface area contributed by atoms with Gasteiger partial charge in [-0.25, -0.2) is 9.59 Å². The molecule has 9 heteroatoms. The molecule has 0 bridgehead atoms. The van der Waals surface area contributed by atoms with E-state index in [9.17, 15) is 19.5 Å². The lowest BCUT2D eigenvalue weighted by Crippen LogP contribution is -2.50. The van der Waals surface area contributed by atoms with Crippen molar-refractivity contribution in [2.75, 3.05) is 6.61 Å². The van der Waals surface area contributed by atoms with E-state index in [4.69, 9.17) is 14.2 Å². The van der Waals surface area contributed by atoms with Gasteiger partial charge in [-0.2, -0.15) is 0 Å². The van der Waals surface area contributed by atoms with E-state index in [-0.39, 0.29) is 13.0 Å². The third-order valence-electron chi connectivity index (χ3n) is 4.43. The number of ether oxygens (including phenoxy) is 3. The van der Waals surface area contributed by atoms with Crippen LogP contribution in [0.2, 0.25) is 0 Å². The van der Waals surface area contributed by atoms with Gasteiger partial charge in [0.05, 0.1) is 24.7 Å². The van der Waals surface area contributed by atoms with Crippen molar-refractivity contribution in [2.24, 2.45) is 11.8 Å². The minimum atomic E-state index is -1.08. The number of amides is 2. The zero-order chi connectivity index (χ0) is 22.6. The molecule has 0 radical (unpaired) electrons. The van der Waals surface area contributed by atoms with Crippen molar-refractivity contribution in [1.29, 1.82) is 0 Å². The number of aliphatic hydroxyl groups is 1. The third kappa shape index (κ3) is 8.08. The Balaban J connectivity index is 2.92. The molecule has 0 aromatic rings. The van der Waals surface area contributed by atoms with Gasteiger partial charge in [0.25, 0.3) is 0 Å². The average molecular weight is 417 g/mol. The molecule has 5 atom stereocenters. The summed E-state index contributed by atoms with van der Waals surface area (Å²) in [5.41, 5.74) is -1.38. The number of rotatable bonds is 5. The second kappa shape index (κ2) is 9.65. The van der Waals surface area contributed by atoms with Gasteiger partial charge >= 0.3 is 18.2 Å². The van der Waals surface area contributed by atoms with Crippen LogP contribution in [-0.4, -0.2) is 59.3 Å². The van der Waals surface area contributed by atoms with Crippen molar-refractivity contribution in [3.05, 3.63) is 0 Å². The fourth-order valence-electron chi connectivity index (χ4n) is 3.31. The molecule has 168 valence electrons. The molecule has 9 nitrogen and oxygen atoms in total. The predicted molar refractivity (Wildman–Crippen MR) is 106 cm³/mol. The minimum Gasteiger partial charge on any atom is -0.466 e. The fourth-order valence-corrected chi connectivity index (χ4v) is 3.31. The summed E-state index contributed by atoms with van der Waals surface area (Å²) in [6, 6.07) is -1.39. The van der Waals surface area contributed by atoms with E-state index >= 15 is 0 Å². The maximum atomic E-state index is 12.4. The maximum absolute atomic E-state index is 12.4. The lowest BCUT2D eigenvalue weighted by molar-refractivity contribution is -0.148. The van der Waals surface area contributed by atoms with Crippen LogP contribution in [0, 0.1) is 11.8 Å². The Labute approximate surface area is 172 Å². The molecule has 1 saturated carbocycles. The molecule has 1 unspecified atom stereocenters. The second-order valence-electron chi connectivity index (χ2n) is 9.36. The monoisotopic (exact) mass is 416 g/mol. The number of hydrogen-bond donors (Lipinski definition) is 3. The van der Waals surface area contributed by atoms with Gasteiger partial charge in [-0.1, -0.05) is 0 Å². The van der Waals surface area contributed by atoms with Gasteiger partial charge < -0.3 is 30.0 Å². The van der Waals surface area contributed by atoms with Crippen molar-refractivity contribution in [2.45, 2.75) is 91.2 Å². The van der Waals surface area contributed by atoms with Crippen molar-refractivity contribution < 1.29 is 33.7 Å². The van der Waals surface area contributed by atoms with E-state index in [1.165, 1.54) is 0 Å². The molecule has 0 aromatic heterocycles. The number of nitrogens with one attached hydrogen (secondary N) is 2. The highest BCUT2D eigenvalue weighted by molar-refractivity contribution is 5.76. The zero-order valence-electron chi connectivity index (χ0n) is 18.7. The van der Waals surface area contributed by atoms with Gasteiger partial charge in [-0.05, 0) is 61.8 Å². The number of aliphatic hydroxyl groups excluding tert-OH is 1. The van der Waals surface area contributed by atoms with E-state index in [1.54, 1.807) is 55.4 Å². The van der Waals surface area contributed by atoms with Crippen LogP contribution in [0.4, 0.5) is 9.59 Å². The Morgan fingerprint density at radius 2 is 1.55 bits per heavy atom. The maximum Gasteiger partial charge on any atom is 0.407 e. The molecule has 2 amide bonds. The number of hydrogen-bond acceptors (Lipinski definition) is 7. The summed E-state index contributed by atoms with van der Waals surface area (Å²) < 4.78 is 15.6. The van der Waals surface area contributed by atoms with Crippen LogP contribution >= 0.6 is 0 Å². The predicted octanol–water partition coefficient (Wildman–Crippen LogP) is 2.35. The van der Waals surface area contributed by atoms with E-state index < -0.39 is 59.4 Å². The molecule has 1 rings (SSSR count). The Hall–Kier alpha value is -2.03. The second-order valence-corrected chi connectivity index (χ2v) is 9.36. The summed E-state index contributed by atoms with van der Waals surface area (Å²) >= 11 is 0.